The first-order chi connectivity index (χ1) is 13.8. The highest BCUT2D eigenvalue weighted by atomic mass is 32.2. The van der Waals surface area contributed by atoms with Crippen LogP contribution in [0.25, 0.3) is 0 Å². The van der Waals surface area contributed by atoms with Gasteiger partial charge in [0.1, 0.15) is 16.7 Å². The Morgan fingerprint density at radius 1 is 1.10 bits per heavy atom. The van der Waals surface area contributed by atoms with E-state index in [9.17, 15) is 13.2 Å². The van der Waals surface area contributed by atoms with Crippen LogP contribution in [0.4, 0.5) is 0 Å². The Kier molecular flexibility index (Phi) is 8.19. The second-order valence-corrected chi connectivity index (χ2v) is 8.57. The Hall–Kier alpha value is -2.42. The molecule has 158 valence electrons. The number of benzene rings is 2. The Bertz CT molecular complexity index is 916. The number of nitrogens with one attached hydrogen (secondary N) is 2. The first kappa shape index (κ1) is 22.9. The molecule has 0 aliphatic heterocycles. The highest BCUT2D eigenvalue weighted by Gasteiger charge is 2.29. The second kappa shape index (κ2) is 10.4. The van der Waals surface area contributed by atoms with Crippen LogP contribution in [0.5, 0.6) is 5.75 Å². The third-order valence-corrected chi connectivity index (χ3v) is 5.80. The summed E-state index contributed by atoms with van der Waals surface area (Å²) in [7, 11) is -1.06. The average Bonchev–Trinajstić information content (AvgIpc) is 2.68. The van der Waals surface area contributed by atoms with Crippen LogP contribution < -0.4 is 14.8 Å². The van der Waals surface area contributed by atoms with Crippen molar-refractivity contribution in [3.63, 3.8) is 0 Å². The molecule has 2 aromatic rings. The number of carbonyl (C=O) groups is 1. The SMILES string of the molecule is COC[C@@H](C)NC(=O)[C@H](Cc1ccccc1)NS(=O)(=O)c1cc(C)ccc1OC. The molecule has 7 nitrogen and oxygen atoms in total. The molecule has 0 saturated heterocycles. The lowest BCUT2D eigenvalue weighted by Gasteiger charge is -2.22. The van der Waals surface area contributed by atoms with Gasteiger partial charge in [0.05, 0.1) is 13.7 Å². The van der Waals surface area contributed by atoms with Crippen LogP contribution in [-0.2, 0) is 26.0 Å². The van der Waals surface area contributed by atoms with Crippen LogP contribution in [0.2, 0.25) is 0 Å². The normalized spacial score (nSPS) is 13.5. The maximum Gasteiger partial charge on any atom is 0.244 e. The lowest BCUT2D eigenvalue weighted by Crippen LogP contribution is -2.50. The van der Waals surface area contributed by atoms with Gasteiger partial charge in [-0.15, -0.1) is 0 Å². The molecule has 0 aliphatic carbocycles. The van der Waals surface area contributed by atoms with Crippen LogP contribution in [-0.4, -0.2) is 47.2 Å². The zero-order valence-corrected chi connectivity index (χ0v) is 18.0. The van der Waals surface area contributed by atoms with Gasteiger partial charge in [-0.25, -0.2) is 8.42 Å². The highest BCUT2D eigenvalue weighted by molar-refractivity contribution is 7.89. The van der Waals surface area contributed by atoms with Gasteiger partial charge in [0, 0.05) is 13.2 Å². The van der Waals surface area contributed by atoms with E-state index in [1.165, 1.54) is 20.3 Å². The van der Waals surface area contributed by atoms with Crippen molar-refractivity contribution >= 4 is 15.9 Å². The molecule has 0 aliphatic rings. The van der Waals surface area contributed by atoms with Gasteiger partial charge < -0.3 is 14.8 Å². The predicted molar refractivity (Wildman–Crippen MR) is 111 cm³/mol. The standard InChI is InChI=1S/C21H28N2O5S/c1-15-10-11-19(28-4)20(12-15)29(25,26)23-18(13-17-8-6-5-7-9-17)21(24)22-16(2)14-27-3/h5-12,16,18,23H,13-14H2,1-4H3,(H,22,24)/t16-,18+/m1/s1. The number of aryl methyl sites for hydroxylation is 1. The van der Waals surface area contributed by atoms with E-state index in [2.05, 4.69) is 10.0 Å². The van der Waals surface area contributed by atoms with Crippen molar-refractivity contribution in [3.8, 4) is 5.75 Å². The van der Waals surface area contributed by atoms with Crippen LogP contribution in [0.1, 0.15) is 18.1 Å². The summed E-state index contributed by atoms with van der Waals surface area (Å²) in [6.07, 6.45) is 0.208. The summed E-state index contributed by atoms with van der Waals surface area (Å²) in [4.78, 5) is 12.8. The summed E-state index contributed by atoms with van der Waals surface area (Å²) >= 11 is 0. The molecule has 0 unspecified atom stereocenters. The Balaban J connectivity index is 2.32. The topological polar surface area (TPSA) is 93.7 Å². The van der Waals surface area contributed by atoms with Crippen molar-refractivity contribution in [2.24, 2.45) is 0 Å². The first-order valence-electron chi connectivity index (χ1n) is 9.27. The molecule has 2 aromatic carbocycles. The number of carbonyl (C=O) groups excluding carboxylic acids is 1. The number of hydrogen-bond acceptors (Lipinski definition) is 5. The van der Waals surface area contributed by atoms with E-state index >= 15 is 0 Å². The lowest BCUT2D eigenvalue weighted by atomic mass is 10.1. The van der Waals surface area contributed by atoms with Gasteiger partial charge in [0.25, 0.3) is 0 Å². The number of amides is 1. The molecule has 0 saturated carbocycles. The van der Waals surface area contributed by atoms with E-state index in [4.69, 9.17) is 9.47 Å². The Labute approximate surface area is 172 Å². The smallest absolute Gasteiger partial charge is 0.244 e. The van der Waals surface area contributed by atoms with Crippen molar-refractivity contribution in [1.82, 2.24) is 10.0 Å². The van der Waals surface area contributed by atoms with Crippen LogP contribution in [0, 0.1) is 6.92 Å². The van der Waals surface area contributed by atoms with E-state index < -0.39 is 22.0 Å². The van der Waals surface area contributed by atoms with Gasteiger partial charge in [-0.1, -0.05) is 36.4 Å². The zero-order valence-electron chi connectivity index (χ0n) is 17.1. The third kappa shape index (κ3) is 6.56. The van der Waals surface area contributed by atoms with Gasteiger partial charge in [-0.05, 0) is 43.5 Å². The van der Waals surface area contributed by atoms with Crippen molar-refractivity contribution in [2.75, 3.05) is 20.8 Å². The summed E-state index contributed by atoms with van der Waals surface area (Å²) in [5.74, 6) is -0.205. The van der Waals surface area contributed by atoms with Crippen LogP contribution in [0.15, 0.2) is 53.4 Å². The summed E-state index contributed by atoms with van der Waals surface area (Å²) < 4.78 is 39.0. The van der Waals surface area contributed by atoms with Crippen molar-refractivity contribution in [3.05, 3.63) is 59.7 Å². The molecular formula is C21H28N2O5S. The summed E-state index contributed by atoms with van der Waals surface area (Å²) in [6.45, 7) is 3.90. The predicted octanol–water partition coefficient (Wildman–Crippen LogP) is 2.04. The molecular weight excluding hydrogens is 392 g/mol. The molecule has 0 spiro atoms. The molecule has 0 radical (unpaired) electrons. The minimum atomic E-state index is -4.01. The van der Waals surface area contributed by atoms with Crippen LogP contribution >= 0.6 is 0 Å². The summed E-state index contributed by atoms with van der Waals surface area (Å²) in [5.41, 5.74) is 1.61. The molecule has 8 heteroatoms. The Morgan fingerprint density at radius 2 is 1.79 bits per heavy atom. The monoisotopic (exact) mass is 420 g/mol. The first-order valence-corrected chi connectivity index (χ1v) is 10.8. The number of sulfonamides is 1. The van der Waals surface area contributed by atoms with Gasteiger partial charge in [0.15, 0.2) is 0 Å². The summed E-state index contributed by atoms with van der Waals surface area (Å²) in [5, 5.41) is 2.79. The van der Waals surface area contributed by atoms with Crippen molar-refractivity contribution < 1.29 is 22.7 Å². The second-order valence-electron chi connectivity index (χ2n) is 6.88. The molecule has 0 aromatic heterocycles. The van der Waals surface area contributed by atoms with Gasteiger partial charge >= 0.3 is 0 Å². The largest absolute Gasteiger partial charge is 0.495 e. The van der Waals surface area contributed by atoms with Gasteiger partial charge in [-0.2, -0.15) is 4.72 Å². The van der Waals surface area contributed by atoms with Gasteiger partial charge in [-0.3, -0.25) is 4.79 Å². The number of methoxy groups -OCH3 is 2. The van der Waals surface area contributed by atoms with E-state index in [1.807, 2.05) is 30.3 Å². The van der Waals surface area contributed by atoms with Crippen molar-refractivity contribution in [2.45, 2.75) is 37.2 Å². The zero-order chi connectivity index (χ0) is 21.4. The van der Waals surface area contributed by atoms with Crippen LogP contribution in [0.3, 0.4) is 0 Å². The molecule has 2 N–H and O–H groups in total. The molecule has 0 bridgehead atoms. The lowest BCUT2D eigenvalue weighted by molar-refractivity contribution is -0.123. The van der Waals surface area contributed by atoms with Crippen molar-refractivity contribution in [1.29, 1.82) is 0 Å². The number of ether oxygens (including phenoxy) is 2. The molecule has 1 amide bonds. The third-order valence-electron chi connectivity index (χ3n) is 4.31. The van der Waals surface area contributed by atoms with E-state index in [0.29, 0.717) is 6.61 Å². The fourth-order valence-corrected chi connectivity index (χ4v) is 4.37. The molecule has 0 heterocycles. The van der Waals surface area contributed by atoms with Gasteiger partial charge in [0.2, 0.25) is 15.9 Å². The van der Waals surface area contributed by atoms with E-state index in [-0.39, 0.29) is 23.1 Å². The fourth-order valence-electron chi connectivity index (χ4n) is 2.92. The highest BCUT2D eigenvalue weighted by Crippen LogP contribution is 2.25. The minimum Gasteiger partial charge on any atom is -0.495 e. The number of rotatable bonds is 10. The maximum absolute atomic E-state index is 13.1. The molecule has 2 rings (SSSR count). The molecule has 29 heavy (non-hydrogen) atoms. The molecule has 2 atom stereocenters. The summed E-state index contributed by atoms with van der Waals surface area (Å²) in [6, 6.07) is 12.9. The number of hydrogen-bond donors (Lipinski definition) is 2. The maximum atomic E-state index is 13.1. The van der Waals surface area contributed by atoms with E-state index in [1.54, 1.807) is 26.0 Å². The fraction of sp³-hybridized carbons (Fsp3) is 0.381. The van der Waals surface area contributed by atoms with E-state index in [0.717, 1.165) is 11.1 Å². The minimum absolute atomic E-state index is 0.00389. The average molecular weight is 421 g/mol. The Morgan fingerprint density at radius 3 is 2.41 bits per heavy atom. The molecule has 0 fully saturated rings. The quantitative estimate of drug-likeness (QED) is 0.614.